The van der Waals surface area contributed by atoms with Crippen molar-refractivity contribution >= 4 is 54.1 Å². The van der Waals surface area contributed by atoms with E-state index in [0.29, 0.717) is 0 Å². The maximum Gasteiger partial charge on any atom is 0.135 e. The molecule has 11 rings (SSSR count). The number of fused-ring (bicyclic) bond motifs is 8. The number of benzene rings is 9. The van der Waals surface area contributed by atoms with E-state index in [1.807, 2.05) is 12.1 Å². The van der Waals surface area contributed by atoms with Crippen LogP contribution in [0.4, 0.5) is 0 Å². The van der Waals surface area contributed by atoms with Gasteiger partial charge in [0.15, 0.2) is 0 Å². The van der Waals surface area contributed by atoms with E-state index >= 15 is 0 Å². The fraction of sp³-hybridized carbons (Fsp3) is 0. The molecular formula is C48H29NO. The number of hydrogen-bond donors (Lipinski definition) is 0. The third kappa shape index (κ3) is 3.90. The Balaban J connectivity index is 1.10. The molecular weight excluding hydrogens is 607 g/mol. The average molecular weight is 636 g/mol. The number of nitrogens with zero attached hydrogens (tertiary/aromatic N) is 1. The lowest BCUT2D eigenvalue weighted by Crippen LogP contribution is -1.98. The minimum Gasteiger partial charge on any atom is -0.456 e. The molecule has 0 aliphatic carbocycles. The van der Waals surface area contributed by atoms with Gasteiger partial charge < -0.3 is 9.30 Å². The molecule has 0 unspecified atom stereocenters. The first kappa shape index (κ1) is 27.3. The van der Waals surface area contributed by atoms with Crippen LogP contribution in [-0.2, 0) is 0 Å². The van der Waals surface area contributed by atoms with Crippen molar-refractivity contribution in [1.29, 1.82) is 0 Å². The van der Waals surface area contributed by atoms with Crippen molar-refractivity contribution in [2.75, 3.05) is 0 Å². The molecule has 0 atom stereocenters. The van der Waals surface area contributed by atoms with Gasteiger partial charge in [0.1, 0.15) is 11.5 Å². The molecule has 2 nitrogen and oxygen atoms in total. The van der Waals surface area contributed by atoms with E-state index < -0.39 is 0 Å². The molecule has 0 saturated heterocycles. The molecule has 1 aromatic heterocycles. The van der Waals surface area contributed by atoms with Crippen molar-refractivity contribution in [3.63, 3.8) is 0 Å². The average Bonchev–Trinajstić information content (AvgIpc) is 3.51. The maximum absolute atomic E-state index is 6.41. The Morgan fingerprint density at radius 1 is 0.360 bits per heavy atom. The van der Waals surface area contributed by atoms with Crippen LogP contribution < -0.4 is 4.74 Å². The number of ether oxygens (including phenoxy) is 1. The molecule has 2 heteroatoms. The van der Waals surface area contributed by atoms with Crippen LogP contribution in [-0.4, -0.2) is 4.57 Å². The summed E-state index contributed by atoms with van der Waals surface area (Å²) in [5.74, 6) is 1.82. The van der Waals surface area contributed by atoms with Crippen LogP contribution in [0.1, 0.15) is 0 Å². The van der Waals surface area contributed by atoms with Crippen LogP contribution in [0.3, 0.4) is 0 Å². The van der Waals surface area contributed by atoms with Crippen LogP contribution in [0.5, 0.6) is 11.5 Å². The van der Waals surface area contributed by atoms with Crippen LogP contribution >= 0.6 is 0 Å². The highest BCUT2D eigenvalue weighted by Crippen LogP contribution is 2.49. The van der Waals surface area contributed by atoms with Gasteiger partial charge in [-0.15, -0.1) is 0 Å². The van der Waals surface area contributed by atoms with Crippen LogP contribution in [0.25, 0.3) is 93.2 Å². The summed E-state index contributed by atoms with van der Waals surface area (Å²) in [6, 6.07) is 63.8. The summed E-state index contributed by atoms with van der Waals surface area (Å²) < 4.78 is 8.87. The number of aromatic nitrogens is 1. The third-order valence-electron chi connectivity index (χ3n) is 10.6. The van der Waals surface area contributed by atoms with Gasteiger partial charge in [0, 0.05) is 32.8 Å². The number of hydrogen-bond acceptors (Lipinski definition) is 1. The van der Waals surface area contributed by atoms with Gasteiger partial charge in [0.2, 0.25) is 0 Å². The molecule has 0 fully saturated rings. The first-order chi connectivity index (χ1) is 24.8. The van der Waals surface area contributed by atoms with Crippen molar-refractivity contribution < 1.29 is 4.74 Å². The summed E-state index contributed by atoms with van der Waals surface area (Å²) in [6.45, 7) is 0. The first-order valence-electron chi connectivity index (χ1n) is 17.2. The molecule has 0 amide bonds. The van der Waals surface area contributed by atoms with E-state index in [1.165, 1.54) is 81.9 Å². The van der Waals surface area contributed by atoms with Crippen LogP contribution in [0, 0.1) is 0 Å². The largest absolute Gasteiger partial charge is 0.456 e. The quantitative estimate of drug-likeness (QED) is 0.188. The fourth-order valence-electron chi connectivity index (χ4n) is 8.31. The smallest absolute Gasteiger partial charge is 0.135 e. The Labute approximate surface area is 289 Å². The topological polar surface area (TPSA) is 14.2 Å². The highest BCUT2D eigenvalue weighted by atomic mass is 16.5. The second kappa shape index (κ2) is 10.4. The van der Waals surface area contributed by atoms with E-state index in [-0.39, 0.29) is 0 Å². The van der Waals surface area contributed by atoms with E-state index in [1.54, 1.807) is 0 Å². The van der Waals surface area contributed by atoms with Gasteiger partial charge in [-0.1, -0.05) is 140 Å². The molecule has 50 heavy (non-hydrogen) atoms. The Kier molecular flexibility index (Phi) is 5.70. The lowest BCUT2D eigenvalue weighted by Gasteiger charge is -2.23. The van der Waals surface area contributed by atoms with E-state index in [9.17, 15) is 0 Å². The predicted molar refractivity (Wildman–Crippen MR) is 210 cm³/mol. The van der Waals surface area contributed by atoms with Gasteiger partial charge in [-0.3, -0.25) is 0 Å². The SMILES string of the molecule is c1ccc2c(c1)Oc1ccc(-c3ccccc3-c3ccc(-n4c5cc6ccccc6cc5c5ccc6ccccc6c54)cc3)c3cccc-2c13. The standard InChI is InChI=1S/C48H29NO/c1-2-12-33-29-44-43(28-32(33)11-1)42-25-22-30-10-3-4-14-36(30)48(42)49(44)34-23-20-31(21-24-34)35-13-5-6-15-37(35)38-26-27-46-47-40(38)17-9-18-41(47)39-16-7-8-19-45(39)50-46/h1-29H. The highest BCUT2D eigenvalue weighted by Gasteiger charge is 2.22. The zero-order valence-electron chi connectivity index (χ0n) is 27.1. The lowest BCUT2D eigenvalue weighted by molar-refractivity contribution is 0.487. The second-order valence-corrected chi connectivity index (χ2v) is 13.3. The van der Waals surface area contributed by atoms with Gasteiger partial charge in [-0.25, -0.2) is 0 Å². The molecule has 1 aliphatic rings. The number of para-hydroxylation sites is 1. The molecule has 0 radical (unpaired) electrons. The summed E-state index contributed by atoms with van der Waals surface area (Å²) in [7, 11) is 0. The van der Waals surface area contributed by atoms with Gasteiger partial charge in [0.25, 0.3) is 0 Å². The Morgan fingerprint density at radius 3 is 1.90 bits per heavy atom. The molecule has 232 valence electrons. The van der Waals surface area contributed by atoms with E-state index in [2.05, 4.69) is 168 Å². The zero-order chi connectivity index (χ0) is 32.8. The minimum absolute atomic E-state index is 0.908. The molecule has 2 heterocycles. The summed E-state index contributed by atoms with van der Waals surface area (Å²) in [4.78, 5) is 0. The fourth-order valence-corrected chi connectivity index (χ4v) is 8.31. The monoisotopic (exact) mass is 635 g/mol. The third-order valence-corrected chi connectivity index (χ3v) is 10.6. The highest BCUT2D eigenvalue weighted by molar-refractivity contribution is 6.20. The van der Waals surface area contributed by atoms with E-state index in [4.69, 9.17) is 4.74 Å². The van der Waals surface area contributed by atoms with Crippen molar-refractivity contribution in [1.82, 2.24) is 4.57 Å². The molecule has 9 aromatic carbocycles. The first-order valence-corrected chi connectivity index (χ1v) is 17.2. The molecule has 0 saturated carbocycles. The number of rotatable bonds is 3. The minimum atomic E-state index is 0.908. The summed E-state index contributed by atoms with van der Waals surface area (Å²) in [6.07, 6.45) is 0. The summed E-state index contributed by atoms with van der Waals surface area (Å²) in [5.41, 5.74) is 10.8. The Morgan fingerprint density at radius 2 is 1.04 bits per heavy atom. The molecule has 1 aliphatic heterocycles. The van der Waals surface area contributed by atoms with Crippen molar-refractivity contribution in [3.8, 4) is 50.6 Å². The molecule has 10 aromatic rings. The van der Waals surface area contributed by atoms with Crippen molar-refractivity contribution in [3.05, 3.63) is 176 Å². The lowest BCUT2D eigenvalue weighted by atomic mass is 9.88. The molecule has 0 spiro atoms. The van der Waals surface area contributed by atoms with Gasteiger partial charge in [-0.2, -0.15) is 0 Å². The van der Waals surface area contributed by atoms with Gasteiger partial charge in [0.05, 0.1) is 11.0 Å². The summed E-state index contributed by atoms with van der Waals surface area (Å²) in [5, 5.41) is 9.91. The maximum atomic E-state index is 6.41. The van der Waals surface area contributed by atoms with Crippen molar-refractivity contribution in [2.45, 2.75) is 0 Å². The second-order valence-electron chi connectivity index (χ2n) is 13.3. The van der Waals surface area contributed by atoms with Gasteiger partial charge in [-0.05, 0) is 85.8 Å². The molecule has 0 N–H and O–H groups in total. The summed E-state index contributed by atoms with van der Waals surface area (Å²) >= 11 is 0. The van der Waals surface area contributed by atoms with Crippen LogP contribution in [0.15, 0.2) is 176 Å². The van der Waals surface area contributed by atoms with Crippen LogP contribution in [0.2, 0.25) is 0 Å². The Hall–Kier alpha value is -6.64. The van der Waals surface area contributed by atoms with Crippen molar-refractivity contribution in [2.24, 2.45) is 0 Å². The van der Waals surface area contributed by atoms with Gasteiger partial charge >= 0.3 is 0 Å². The zero-order valence-corrected chi connectivity index (χ0v) is 27.1. The van der Waals surface area contributed by atoms with E-state index in [0.717, 1.165) is 22.7 Å². The normalized spacial score (nSPS) is 12.2. The Bertz CT molecular complexity index is 3000. The predicted octanol–water partition coefficient (Wildman–Crippen LogP) is 13.3. The molecule has 0 bridgehead atoms.